The molecule has 0 atom stereocenters. The molecule has 0 radical (unpaired) electrons. The predicted molar refractivity (Wildman–Crippen MR) is 133 cm³/mol. The molecule has 176 valence electrons. The third kappa shape index (κ3) is 4.52. The Balaban J connectivity index is 1.31. The van der Waals surface area contributed by atoms with Crippen LogP contribution in [0, 0.1) is 13.8 Å². The van der Waals surface area contributed by atoms with E-state index in [4.69, 9.17) is 0 Å². The fraction of sp³-hybridized carbons (Fsp3) is 0.148. The molecule has 5 rings (SSSR count). The molecule has 7 nitrogen and oxygen atoms in total. The van der Waals surface area contributed by atoms with Gasteiger partial charge in [-0.15, -0.1) is 0 Å². The number of carbonyl (C=O) groups excluding carboxylic acids is 1. The highest BCUT2D eigenvalue weighted by Crippen LogP contribution is 2.24. The number of sulfone groups is 1. The quantitative estimate of drug-likeness (QED) is 0.310. The number of nitrogens with zero attached hydrogens (tertiary/aromatic N) is 4. The molecule has 0 spiro atoms. The van der Waals surface area contributed by atoms with E-state index in [1.807, 2.05) is 36.4 Å². The van der Waals surface area contributed by atoms with Crippen molar-refractivity contribution in [3.05, 3.63) is 108 Å². The van der Waals surface area contributed by atoms with Crippen molar-refractivity contribution in [3.8, 4) is 5.69 Å². The zero-order chi connectivity index (χ0) is 24.6. The third-order valence-electron chi connectivity index (χ3n) is 5.97. The normalized spacial score (nSPS) is 11.7. The molecule has 0 aliphatic heterocycles. The Morgan fingerprint density at radius 3 is 2.49 bits per heavy atom. The minimum Gasteiger partial charge on any atom is -0.306 e. The van der Waals surface area contributed by atoms with E-state index < -0.39 is 9.84 Å². The molecule has 0 aliphatic rings. The van der Waals surface area contributed by atoms with E-state index in [0.29, 0.717) is 24.1 Å². The van der Waals surface area contributed by atoms with Crippen LogP contribution in [-0.4, -0.2) is 33.4 Å². The standard InChI is InChI=1S/C27H24N4O3S/c1-19-16-20(2)31(29-19)23-4-3-5-25(17-23)35(33,34)24-10-6-21(7-11-24)8-12-26(32)22-9-13-27-28-14-15-30(27)18-22/h3-7,9-11,13-18H,8,12H2,1-2H3. The van der Waals surface area contributed by atoms with Crippen molar-refractivity contribution in [2.75, 3.05) is 0 Å². The number of Topliss-reactive ketones (excluding diaryl/α,β-unsaturated/α-hetero) is 1. The van der Waals surface area contributed by atoms with E-state index in [9.17, 15) is 13.2 Å². The average Bonchev–Trinajstić information content (AvgIpc) is 3.47. The molecule has 3 heterocycles. The average molecular weight is 485 g/mol. The first-order chi connectivity index (χ1) is 16.8. The number of carbonyl (C=O) groups is 1. The first-order valence-corrected chi connectivity index (χ1v) is 12.7. The van der Waals surface area contributed by atoms with Crippen LogP contribution >= 0.6 is 0 Å². The van der Waals surface area contributed by atoms with E-state index >= 15 is 0 Å². The van der Waals surface area contributed by atoms with Crippen molar-refractivity contribution >= 4 is 21.3 Å². The minimum absolute atomic E-state index is 0.0262. The van der Waals surface area contributed by atoms with Crippen molar-refractivity contribution in [1.82, 2.24) is 19.2 Å². The number of ketones is 1. The van der Waals surface area contributed by atoms with Crippen molar-refractivity contribution in [1.29, 1.82) is 0 Å². The lowest BCUT2D eigenvalue weighted by atomic mass is 10.0. The summed E-state index contributed by atoms with van der Waals surface area (Å²) in [5.41, 5.74) is 4.81. The number of benzene rings is 2. The zero-order valence-corrected chi connectivity index (χ0v) is 20.2. The Kier molecular flexibility index (Phi) is 5.82. The van der Waals surface area contributed by atoms with Gasteiger partial charge in [0.15, 0.2) is 5.78 Å². The molecule has 2 aromatic carbocycles. The van der Waals surface area contributed by atoms with E-state index in [1.165, 1.54) is 0 Å². The molecule has 0 fully saturated rings. The number of hydrogen-bond acceptors (Lipinski definition) is 5. The molecule has 0 saturated heterocycles. The highest BCUT2D eigenvalue weighted by Gasteiger charge is 2.19. The molecule has 0 unspecified atom stereocenters. The van der Waals surface area contributed by atoms with Crippen molar-refractivity contribution < 1.29 is 13.2 Å². The Bertz CT molecular complexity index is 1650. The molecule has 5 aromatic rings. The lowest BCUT2D eigenvalue weighted by molar-refractivity contribution is 0.0982. The maximum atomic E-state index is 13.3. The van der Waals surface area contributed by atoms with Gasteiger partial charge in [-0.3, -0.25) is 4.79 Å². The Labute approximate surface area is 203 Å². The zero-order valence-electron chi connectivity index (χ0n) is 19.4. The Morgan fingerprint density at radius 2 is 1.74 bits per heavy atom. The van der Waals surface area contributed by atoms with Crippen LogP contribution in [0.4, 0.5) is 0 Å². The highest BCUT2D eigenvalue weighted by molar-refractivity contribution is 7.91. The largest absolute Gasteiger partial charge is 0.306 e. The van der Waals surface area contributed by atoms with E-state index in [0.717, 1.165) is 22.6 Å². The van der Waals surface area contributed by atoms with E-state index in [1.54, 1.807) is 71.8 Å². The fourth-order valence-electron chi connectivity index (χ4n) is 4.13. The van der Waals surface area contributed by atoms with Gasteiger partial charge in [0.1, 0.15) is 5.65 Å². The Hall–Kier alpha value is -4.04. The van der Waals surface area contributed by atoms with Gasteiger partial charge in [0, 0.05) is 36.3 Å². The van der Waals surface area contributed by atoms with Gasteiger partial charge in [-0.25, -0.2) is 18.1 Å². The second-order valence-corrected chi connectivity index (χ2v) is 10.5. The van der Waals surface area contributed by atoms with Crippen LogP contribution in [0.2, 0.25) is 0 Å². The maximum Gasteiger partial charge on any atom is 0.206 e. The molecule has 0 bridgehead atoms. The molecule has 8 heteroatoms. The van der Waals surface area contributed by atoms with Gasteiger partial charge in [0.05, 0.1) is 21.2 Å². The summed E-state index contributed by atoms with van der Waals surface area (Å²) in [7, 11) is -3.70. The summed E-state index contributed by atoms with van der Waals surface area (Å²) in [6.07, 6.45) is 6.12. The van der Waals surface area contributed by atoms with Crippen LogP contribution in [0.1, 0.15) is 33.7 Å². The van der Waals surface area contributed by atoms with Gasteiger partial charge in [-0.1, -0.05) is 18.2 Å². The first-order valence-electron chi connectivity index (χ1n) is 11.2. The summed E-state index contributed by atoms with van der Waals surface area (Å²) in [5, 5.41) is 4.45. The van der Waals surface area contributed by atoms with Crippen LogP contribution in [0.3, 0.4) is 0 Å². The summed E-state index contributed by atoms with van der Waals surface area (Å²) in [6.45, 7) is 3.83. The van der Waals surface area contributed by atoms with Gasteiger partial charge >= 0.3 is 0 Å². The third-order valence-corrected chi connectivity index (χ3v) is 7.73. The monoisotopic (exact) mass is 484 g/mol. The van der Waals surface area contributed by atoms with Crippen LogP contribution in [-0.2, 0) is 16.3 Å². The number of rotatable bonds is 7. The molecule has 0 aliphatic carbocycles. The van der Waals surface area contributed by atoms with Crippen molar-refractivity contribution in [2.24, 2.45) is 0 Å². The maximum absolute atomic E-state index is 13.3. The van der Waals surface area contributed by atoms with Gasteiger partial charge < -0.3 is 4.40 Å². The second kappa shape index (κ2) is 8.96. The Morgan fingerprint density at radius 1 is 0.943 bits per heavy atom. The number of hydrogen-bond donors (Lipinski definition) is 0. The van der Waals surface area contributed by atoms with Gasteiger partial charge in [-0.2, -0.15) is 5.10 Å². The molecule has 0 saturated carbocycles. The summed E-state index contributed by atoms with van der Waals surface area (Å²) in [4.78, 5) is 17.2. The van der Waals surface area contributed by atoms with Crippen LogP contribution in [0.15, 0.2) is 95.1 Å². The molecular formula is C27H24N4O3S. The summed E-state index contributed by atoms with van der Waals surface area (Å²) >= 11 is 0. The lowest BCUT2D eigenvalue weighted by Crippen LogP contribution is -2.05. The molecule has 3 aromatic heterocycles. The predicted octanol–water partition coefficient (Wildman–Crippen LogP) is 4.79. The van der Waals surface area contributed by atoms with Gasteiger partial charge in [0.2, 0.25) is 9.84 Å². The number of pyridine rings is 1. The van der Waals surface area contributed by atoms with Crippen LogP contribution in [0.5, 0.6) is 0 Å². The SMILES string of the molecule is Cc1cc(C)n(-c2cccc(S(=O)(=O)c3ccc(CCC(=O)c4ccc5nccn5c4)cc3)c2)n1. The molecule has 0 amide bonds. The molecule has 0 N–H and O–H groups in total. The topological polar surface area (TPSA) is 86.3 Å². The smallest absolute Gasteiger partial charge is 0.206 e. The van der Waals surface area contributed by atoms with Crippen molar-refractivity contribution in [2.45, 2.75) is 36.5 Å². The van der Waals surface area contributed by atoms with Crippen LogP contribution < -0.4 is 0 Å². The number of fused-ring (bicyclic) bond motifs is 1. The molecule has 35 heavy (non-hydrogen) atoms. The van der Waals surface area contributed by atoms with E-state index in [-0.39, 0.29) is 15.6 Å². The molecular weight excluding hydrogens is 460 g/mol. The van der Waals surface area contributed by atoms with E-state index in [2.05, 4.69) is 10.1 Å². The van der Waals surface area contributed by atoms with Crippen molar-refractivity contribution in [3.63, 3.8) is 0 Å². The lowest BCUT2D eigenvalue weighted by Gasteiger charge is -2.09. The van der Waals surface area contributed by atoms with Crippen LogP contribution in [0.25, 0.3) is 11.3 Å². The van der Waals surface area contributed by atoms with Gasteiger partial charge in [0.25, 0.3) is 0 Å². The minimum atomic E-state index is -3.70. The summed E-state index contributed by atoms with van der Waals surface area (Å²) in [5.74, 6) is 0.0262. The summed E-state index contributed by atoms with van der Waals surface area (Å²) in [6, 6.07) is 19.1. The number of aryl methyl sites for hydroxylation is 3. The number of imidazole rings is 1. The fourth-order valence-corrected chi connectivity index (χ4v) is 5.43. The summed E-state index contributed by atoms with van der Waals surface area (Å²) < 4.78 is 30.1. The van der Waals surface area contributed by atoms with Gasteiger partial charge in [-0.05, 0) is 74.4 Å². The first kappa shape index (κ1) is 22.7. The second-order valence-electron chi connectivity index (χ2n) is 8.52. The highest BCUT2D eigenvalue weighted by atomic mass is 32.2. The number of aromatic nitrogens is 4.